The smallest absolute Gasteiger partial charge is 0.306 e. The molecule has 12 heteroatoms. The van der Waals surface area contributed by atoms with Gasteiger partial charge in [0.15, 0.2) is 6.10 Å². The van der Waals surface area contributed by atoms with Crippen molar-refractivity contribution in [1.82, 2.24) is 0 Å². The molecule has 0 aromatic rings. The molecule has 0 saturated carbocycles. The fourth-order valence-corrected chi connectivity index (χ4v) is 5.50. The minimum absolute atomic E-state index is 0.0663. The first-order valence-electron chi connectivity index (χ1n) is 20.5. The molecule has 0 saturated heterocycles. The highest BCUT2D eigenvalue weighted by Gasteiger charge is 2.21. The van der Waals surface area contributed by atoms with E-state index in [9.17, 15) is 29.3 Å². The number of aliphatic hydroxyl groups excluding tert-OH is 2. The van der Waals surface area contributed by atoms with E-state index in [2.05, 4.69) is 19.1 Å². The maximum Gasteiger partial charge on any atom is 0.306 e. The van der Waals surface area contributed by atoms with Crippen LogP contribution >= 0.6 is 7.82 Å². The Balaban J connectivity index is 4.64. The second-order valence-electron chi connectivity index (χ2n) is 14.7. The second kappa shape index (κ2) is 35.3. The van der Waals surface area contributed by atoms with Crippen molar-refractivity contribution in [2.24, 2.45) is 0 Å². The van der Waals surface area contributed by atoms with Crippen molar-refractivity contribution in [3.8, 4) is 0 Å². The number of rotatable bonds is 35. The SMILES string of the molecule is CC/C=C\C[C@@H](O)/C=C/C=C\C=C\[C@@H](O)C/C=C\C/C=C\CCC(=O)OC[C@H](COP(=O)([O-])OCC[N+](C)(C)C)OC(=O)CCCCCCC/C=C\CCCC. The molecule has 320 valence electrons. The fourth-order valence-electron chi connectivity index (χ4n) is 4.78. The fraction of sp³-hybridized carbons (Fsp3) is 0.636. The first kappa shape index (κ1) is 53.1. The van der Waals surface area contributed by atoms with Crippen LogP contribution in [0, 0.1) is 0 Å². The molecule has 56 heavy (non-hydrogen) atoms. The summed E-state index contributed by atoms with van der Waals surface area (Å²) in [4.78, 5) is 37.4. The van der Waals surface area contributed by atoms with Crippen LogP contribution in [0.3, 0.4) is 0 Å². The predicted octanol–water partition coefficient (Wildman–Crippen LogP) is 8.55. The molecule has 4 atom stereocenters. The number of hydrogen-bond acceptors (Lipinski definition) is 10. The Hall–Kier alpha value is -2.89. The van der Waals surface area contributed by atoms with E-state index in [1.165, 1.54) is 12.8 Å². The van der Waals surface area contributed by atoms with Gasteiger partial charge in [0.1, 0.15) is 19.8 Å². The van der Waals surface area contributed by atoms with E-state index in [1.807, 2.05) is 64.5 Å². The zero-order valence-electron chi connectivity index (χ0n) is 35.0. The maximum atomic E-state index is 12.6. The van der Waals surface area contributed by atoms with Crippen LogP contribution in [-0.2, 0) is 32.7 Å². The number of ether oxygens (including phenoxy) is 2. The van der Waals surface area contributed by atoms with Crippen LogP contribution in [0.2, 0.25) is 0 Å². The summed E-state index contributed by atoms with van der Waals surface area (Å²) in [6, 6.07) is 0. The number of quaternary nitrogens is 1. The number of aliphatic hydroxyl groups is 2. The minimum atomic E-state index is -4.67. The Bertz CT molecular complexity index is 1260. The Labute approximate surface area is 338 Å². The minimum Gasteiger partial charge on any atom is -0.756 e. The molecule has 0 amide bonds. The summed E-state index contributed by atoms with van der Waals surface area (Å²) in [6.07, 6.45) is 37.0. The van der Waals surface area contributed by atoms with E-state index >= 15 is 0 Å². The maximum absolute atomic E-state index is 12.6. The number of carbonyl (C=O) groups is 2. The molecule has 0 heterocycles. The lowest BCUT2D eigenvalue weighted by Crippen LogP contribution is -2.37. The highest BCUT2D eigenvalue weighted by molar-refractivity contribution is 7.45. The number of likely N-dealkylation sites (N-methyl/N-ethyl adjacent to an activating group) is 1. The van der Waals surface area contributed by atoms with Crippen molar-refractivity contribution < 1.29 is 52.3 Å². The van der Waals surface area contributed by atoms with E-state index in [0.29, 0.717) is 43.1 Å². The molecule has 0 radical (unpaired) electrons. The summed E-state index contributed by atoms with van der Waals surface area (Å²) >= 11 is 0. The third-order valence-electron chi connectivity index (χ3n) is 8.08. The Morgan fingerprint density at radius 2 is 1.27 bits per heavy atom. The van der Waals surface area contributed by atoms with Crippen LogP contribution in [0.1, 0.15) is 117 Å². The van der Waals surface area contributed by atoms with Gasteiger partial charge in [0.05, 0.1) is 40.0 Å². The molecule has 0 aromatic carbocycles. The Kier molecular flexibility index (Phi) is 33.5. The molecular weight excluding hydrogens is 733 g/mol. The molecule has 0 bridgehead atoms. The largest absolute Gasteiger partial charge is 0.756 e. The first-order valence-corrected chi connectivity index (χ1v) is 22.0. The van der Waals surface area contributed by atoms with Gasteiger partial charge in [-0.15, -0.1) is 0 Å². The lowest BCUT2D eigenvalue weighted by Gasteiger charge is -2.28. The van der Waals surface area contributed by atoms with Crippen LogP contribution in [-0.4, -0.2) is 92.5 Å². The summed E-state index contributed by atoms with van der Waals surface area (Å²) in [6.45, 7) is 3.74. The number of carbonyl (C=O) groups excluding carboxylic acids is 2. The topological polar surface area (TPSA) is 152 Å². The van der Waals surface area contributed by atoms with Gasteiger partial charge in [0.25, 0.3) is 7.82 Å². The van der Waals surface area contributed by atoms with Crippen LogP contribution in [0.5, 0.6) is 0 Å². The quantitative estimate of drug-likeness (QED) is 0.0159. The number of nitrogens with zero attached hydrogens (tertiary/aromatic N) is 1. The average molecular weight is 808 g/mol. The van der Waals surface area contributed by atoms with Gasteiger partial charge in [-0.1, -0.05) is 131 Å². The van der Waals surface area contributed by atoms with E-state index in [1.54, 1.807) is 36.5 Å². The highest BCUT2D eigenvalue weighted by atomic mass is 31.2. The number of phosphoric ester groups is 1. The summed E-state index contributed by atoms with van der Waals surface area (Å²) < 4.78 is 33.6. The van der Waals surface area contributed by atoms with Crippen LogP contribution in [0.15, 0.2) is 85.1 Å². The molecule has 2 N–H and O–H groups in total. The number of esters is 2. The third kappa shape index (κ3) is 38.0. The normalized spacial score (nSPS) is 15.6. The van der Waals surface area contributed by atoms with Gasteiger partial charge in [-0.25, -0.2) is 0 Å². The first-order chi connectivity index (χ1) is 26.8. The van der Waals surface area contributed by atoms with Gasteiger partial charge in [-0.2, -0.15) is 0 Å². The zero-order valence-corrected chi connectivity index (χ0v) is 35.9. The molecule has 0 aliphatic carbocycles. The van der Waals surface area contributed by atoms with Crippen molar-refractivity contribution in [2.75, 3.05) is 47.5 Å². The van der Waals surface area contributed by atoms with Gasteiger partial charge >= 0.3 is 11.9 Å². The Morgan fingerprint density at radius 3 is 1.91 bits per heavy atom. The summed E-state index contributed by atoms with van der Waals surface area (Å²) in [5.74, 6) is -1.02. The van der Waals surface area contributed by atoms with Crippen LogP contribution in [0.4, 0.5) is 0 Å². The molecule has 1 unspecified atom stereocenters. The standard InChI is InChI=1S/C44H74NO10P/c1-6-8-10-11-12-13-14-15-16-21-29-35-44(49)55-42(39-54-56(50,51)53-37-36-45(3,4)5)38-52-43(48)34-28-20-18-17-19-25-31-41(47)33-27-23-22-26-32-40(46)30-24-9-7-2/h9,11-12,18-20,22-27,32-33,40-42,46-47H,6-8,10,13-17,21,28-31,34-39H2,1-5H3/b12-11-,20-18-,23-22-,24-9-,25-19-,32-26+,33-27+/t40-,41+,42-/m1/s1. The van der Waals surface area contributed by atoms with E-state index in [-0.39, 0.29) is 26.1 Å². The molecular formula is C44H74NO10P. The number of hydrogen-bond donors (Lipinski definition) is 2. The number of unbranched alkanes of at least 4 members (excludes halogenated alkanes) is 7. The highest BCUT2D eigenvalue weighted by Crippen LogP contribution is 2.38. The van der Waals surface area contributed by atoms with E-state index in [4.69, 9.17) is 18.5 Å². The van der Waals surface area contributed by atoms with Gasteiger partial charge in [-0.3, -0.25) is 14.2 Å². The summed E-state index contributed by atoms with van der Waals surface area (Å²) in [5.41, 5.74) is 0. The van der Waals surface area contributed by atoms with Crippen molar-refractivity contribution in [3.63, 3.8) is 0 Å². The monoisotopic (exact) mass is 808 g/mol. The molecule has 0 aromatic heterocycles. The van der Waals surface area contributed by atoms with Crippen molar-refractivity contribution in [3.05, 3.63) is 85.1 Å². The number of allylic oxidation sites excluding steroid dienone is 10. The molecule has 0 aliphatic rings. The van der Waals surface area contributed by atoms with Gasteiger partial charge in [0, 0.05) is 12.8 Å². The van der Waals surface area contributed by atoms with Crippen molar-refractivity contribution >= 4 is 19.8 Å². The van der Waals surface area contributed by atoms with Crippen molar-refractivity contribution in [2.45, 2.75) is 135 Å². The molecule has 0 aliphatic heterocycles. The lowest BCUT2D eigenvalue weighted by atomic mass is 10.1. The van der Waals surface area contributed by atoms with Gasteiger partial charge in [-0.05, 0) is 57.8 Å². The number of phosphoric acid groups is 1. The van der Waals surface area contributed by atoms with E-state index in [0.717, 1.165) is 44.9 Å². The van der Waals surface area contributed by atoms with Gasteiger partial charge < -0.3 is 38.1 Å². The zero-order chi connectivity index (χ0) is 41.8. The van der Waals surface area contributed by atoms with Crippen LogP contribution < -0.4 is 4.89 Å². The van der Waals surface area contributed by atoms with Crippen LogP contribution in [0.25, 0.3) is 0 Å². The average Bonchev–Trinajstić information content (AvgIpc) is 3.13. The molecule has 0 spiro atoms. The van der Waals surface area contributed by atoms with E-state index < -0.39 is 44.7 Å². The predicted molar refractivity (Wildman–Crippen MR) is 224 cm³/mol. The van der Waals surface area contributed by atoms with Gasteiger partial charge in [0.2, 0.25) is 0 Å². The second-order valence-corrected chi connectivity index (χ2v) is 16.1. The van der Waals surface area contributed by atoms with Crippen molar-refractivity contribution in [1.29, 1.82) is 0 Å². The lowest BCUT2D eigenvalue weighted by molar-refractivity contribution is -0.870. The summed E-state index contributed by atoms with van der Waals surface area (Å²) in [5, 5.41) is 19.9. The summed E-state index contributed by atoms with van der Waals surface area (Å²) in [7, 11) is 1.04. The molecule has 0 fully saturated rings. The Morgan fingerprint density at radius 1 is 0.679 bits per heavy atom. The molecule has 11 nitrogen and oxygen atoms in total. The third-order valence-corrected chi connectivity index (χ3v) is 9.04. The molecule has 0 rings (SSSR count).